The molecule has 0 aliphatic rings. The van der Waals surface area contributed by atoms with Gasteiger partial charge in [0.05, 0.1) is 13.2 Å². The highest BCUT2D eigenvalue weighted by molar-refractivity contribution is 5.69. The highest BCUT2D eigenvalue weighted by Crippen LogP contribution is 2.14. The molecule has 0 unspecified atom stereocenters. The molecule has 0 aliphatic carbocycles. The minimum absolute atomic E-state index is 0.0651. The Bertz CT molecular complexity index is 435. The summed E-state index contributed by atoms with van der Waals surface area (Å²) < 4.78 is 10.8. The fraction of sp³-hybridized carbons (Fsp3) is 0.938. The van der Waals surface area contributed by atoms with E-state index >= 15 is 0 Å². The van der Waals surface area contributed by atoms with Gasteiger partial charge in [-0.15, -0.1) is 0 Å². The molecule has 4 heteroatoms. The highest BCUT2D eigenvalue weighted by Gasteiger charge is 2.08. The Labute approximate surface area is 225 Å². The molecule has 36 heavy (non-hydrogen) atoms. The van der Waals surface area contributed by atoms with Crippen molar-refractivity contribution in [3.05, 3.63) is 0 Å². The van der Waals surface area contributed by atoms with Gasteiger partial charge in [-0.05, 0) is 31.6 Å². The summed E-state index contributed by atoms with van der Waals surface area (Å²) in [6, 6.07) is 0. The molecular formula is C32H62O4. The molecular weight excluding hydrogens is 448 g/mol. The van der Waals surface area contributed by atoms with E-state index in [1.165, 1.54) is 103 Å². The third-order valence-corrected chi connectivity index (χ3v) is 7.22. The molecule has 0 rings (SSSR count). The van der Waals surface area contributed by atoms with E-state index in [2.05, 4.69) is 20.8 Å². The number of hydrogen-bond donors (Lipinski definition) is 0. The summed E-state index contributed by atoms with van der Waals surface area (Å²) in [6.07, 6.45) is 28.2. The van der Waals surface area contributed by atoms with E-state index in [0.29, 0.717) is 32.0 Å². The summed E-state index contributed by atoms with van der Waals surface area (Å²) in [6.45, 7) is 7.59. The molecule has 0 aliphatic heterocycles. The van der Waals surface area contributed by atoms with Gasteiger partial charge in [-0.25, -0.2) is 0 Å². The first-order valence-electron chi connectivity index (χ1n) is 15.9. The zero-order valence-corrected chi connectivity index (χ0v) is 24.6. The largest absolute Gasteiger partial charge is 0.466 e. The van der Waals surface area contributed by atoms with Crippen LogP contribution in [-0.4, -0.2) is 25.2 Å². The van der Waals surface area contributed by atoms with Gasteiger partial charge >= 0.3 is 11.9 Å². The van der Waals surface area contributed by atoms with Crippen molar-refractivity contribution < 1.29 is 19.1 Å². The summed E-state index contributed by atoms with van der Waals surface area (Å²) in [5, 5.41) is 0. The number of unbranched alkanes of at least 4 members (excludes halogenated alkanes) is 18. The fourth-order valence-electron chi connectivity index (χ4n) is 4.55. The van der Waals surface area contributed by atoms with Crippen molar-refractivity contribution >= 4 is 11.9 Å². The standard InChI is InChI=1S/C32H62O4/c1-4-6-8-10-12-14-16-18-20-22-24-31(33)35-28-26-30(3)27-29-36-32(34)25-23-21-19-17-15-13-11-9-7-5-2/h30H,4-29H2,1-3H3. The molecule has 214 valence electrons. The van der Waals surface area contributed by atoms with Crippen molar-refractivity contribution in [3.8, 4) is 0 Å². The van der Waals surface area contributed by atoms with E-state index in [4.69, 9.17) is 9.47 Å². The number of hydrogen-bond acceptors (Lipinski definition) is 4. The Balaban J connectivity index is 3.40. The van der Waals surface area contributed by atoms with E-state index in [9.17, 15) is 9.59 Å². The second kappa shape index (κ2) is 28.5. The van der Waals surface area contributed by atoms with Crippen molar-refractivity contribution in [2.24, 2.45) is 5.92 Å². The second-order valence-electron chi connectivity index (χ2n) is 11.0. The molecule has 0 spiro atoms. The molecule has 0 N–H and O–H groups in total. The molecule has 0 heterocycles. The highest BCUT2D eigenvalue weighted by atomic mass is 16.5. The maximum absolute atomic E-state index is 11.9. The number of esters is 2. The van der Waals surface area contributed by atoms with E-state index in [0.717, 1.165) is 38.5 Å². The van der Waals surface area contributed by atoms with E-state index < -0.39 is 0 Å². The van der Waals surface area contributed by atoms with E-state index in [1.807, 2.05) is 0 Å². The molecule has 0 saturated carbocycles. The smallest absolute Gasteiger partial charge is 0.305 e. The van der Waals surface area contributed by atoms with Crippen LogP contribution in [0.5, 0.6) is 0 Å². The van der Waals surface area contributed by atoms with Crippen molar-refractivity contribution in [3.63, 3.8) is 0 Å². The van der Waals surface area contributed by atoms with Crippen molar-refractivity contribution in [2.45, 2.75) is 175 Å². The first kappa shape index (κ1) is 34.9. The molecule has 0 bridgehead atoms. The van der Waals surface area contributed by atoms with Gasteiger partial charge in [0.25, 0.3) is 0 Å². The van der Waals surface area contributed by atoms with Crippen LogP contribution in [0.3, 0.4) is 0 Å². The van der Waals surface area contributed by atoms with Crippen LogP contribution in [0.25, 0.3) is 0 Å². The zero-order valence-electron chi connectivity index (χ0n) is 24.6. The van der Waals surface area contributed by atoms with Crippen LogP contribution >= 0.6 is 0 Å². The summed E-state index contributed by atoms with van der Waals surface area (Å²) in [4.78, 5) is 23.8. The molecule has 4 nitrogen and oxygen atoms in total. The Morgan fingerprint density at radius 3 is 1.06 bits per heavy atom. The number of carbonyl (C=O) groups excluding carboxylic acids is 2. The van der Waals surface area contributed by atoms with Gasteiger partial charge in [0.2, 0.25) is 0 Å². The van der Waals surface area contributed by atoms with Crippen LogP contribution in [-0.2, 0) is 19.1 Å². The molecule has 0 radical (unpaired) electrons. The van der Waals surface area contributed by atoms with Crippen molar-refractivity contribution in [2.75, 3.05) is 13.2 Å². The minimum atomic E-state index is -0.0651. The SMILES string of the molecule is CCCCCCCCCCCCC(=O)OCCC(C)CCOC(=O)CCCCCCCCCCCC. The van der Waals surface area contributed by atoms with Gasteiger partial charge in [-0.1, -0.05) is 136 Å². The molecule has 0 atom stereocenters. The van der Waals surface area contributed by atoms with Gasteiger partial charge < -0.3 is 9.47 Å². The van der Waals surface area contributed by atoms with Gasteiger partial charge in [0.15, 0.2) is 0 Å². The fourth-order valence-corrected chi connectivity index (χ4v) is 4.55. The minimum Gasteiger partial charge on any atom is -0.466 e. The van der Waals surface area contributed by atoms with Crippen LogP contribution in [0, 0.1) is 5.92 Å². The normalized spacial score (nSPS) is 11.2. The molecule has 0 aromatic carbocycles. The molecule has 0 fully saturated rings. The average molecular weight is 511 g/mol. The third kappa shape index (κ3) is 27.5. The maximum atomic E-state index is 11.9. The topological polar surface area (TPSA) is 52.6 Å². The van der Waals surface area contributed by atoms with Crippen molar-refractivity contribution in [1.29, 1.82) is 0 Å². The van der Waals surface area contributed by atoms with Crippen LogP contribution < -0.4 is 0 Å². The van der Waals surface area contributed by atoms with Gasteiger partial charge in [-0.3, -0.25) is 9.59 Å². The van der Waals surface area contributed by atoms with Crippen LogP contribution in [0.2, 0.25) is 0 Å². The number of carbonyl (C=O) groups is 2. The lowest BCUT2D eigenvalue weighted by molar-refractivity contribution is -0.144. The second-order valence-corrected chi connectivity index (χ2v) is 11.0. The maximum Gasteiger partial charge on any atom is 0.305 e. The lowest BCUT2D eigenvalue weighted by Crippen LogP contribution is -2.11. The zero-order chi connectivity index (χ0) is 26.5. The molecule has 0 aromatic rings. The summed E-state index contributed by atoms with van der Waals surface area (Å²) in [7, 11) is 0. The summed E-state index contributed by atoms with van der Waals surface area (Å²) >= 11 is 0. The Hall–Kier alpha value is -1.06. The summed E-state index contributed by atoms with van der Waals surface area (Å²) in [5.41, 5.74) is 0. The molecule has 0 aromatic heterocycles. The Morgan fingerprint density at radius 2 is 0.750 bits per heavy atom. The third-order valence-electron chi connectivity index (χ3n) is 7.22. The van der Waals surface area contributed by atoms with Gasteiger partial charge in [0.1, 0.15) is 0 Å². The lowest BCUT2D eigenvalue weighted by Gasteiger charge is -2.12. The van der Waals surface area contributed by atoms with Gasteiger partial charge in [-0.2, -0.15) is 0 Å². The molecule has 0 amide bonds. The lowest BCUT2D eigenvalue weighted by atomic mass is 10.1. The predicted molar refractivity (Wildman–Crippen MR) is 153 cm³/mol. The van der Waals surface area contributed by atoms with Gasteiger partial charge in [0, 0.05) is 12.8 Å². The number of ether oxygens (including phenoxy) is 2. The molecule has 0 saturated heterocycles. The summed E-state index contributed by atoms with van der Waals surface area (Å²) in [5.74, 6) is 0.259. The first-order chi connectivity index (χ1) is 17.6. The van der Waals surface area contributed by atoms with Crippen LogP contribution in [0.15, 0.2) is 0 Å². The predicted octanol–water partition coefficient (Wildman–Crippen LogP) is 10.1. The average Bonchev–Trinajstić information content (AvgIpc) is 2.86. The number of rotatable bonds is 28. The first-order valence-corrected chi connectivity index (χ1v) is 15.9. The Kier molecular flexibility index (Phi) is 27.7. The quantitative estimate of drug-likeness (QED) is 0.0776. The van der Waals surface area contributed by atoms with E-state index in [-0.39, 0.29) is 11.9 Å². The Morgan fingerprint density at radius 1 is 0.472 bits per heavy atom. The van der Waals surface area contributed by atoms with Crippen LogP contribution in [0.1, 0.15) is 175 Å². The van der Waals surface area contributed by atoms with E-state index in [1.54, 1.807) is 0 Å². The monoisotopic (exact) mass is 510 g/mol. The van der Waals surface area contributed by atoms with Crippen LogP contribution in [0.4, 0.5) is 0 Å². The van der Waals surface area contributed by atoms with Crippen molar-refractivity contribution in [1.82, 2.24) is 0 Å².